The van der Waals surface area contributed by atoms with Gasteiger partial charge in [-0.25, -0.2) is 14.4 Å². The van der Waals surface area contributed by atoms with Crippen LogP contribution in [0.1, 0.15) is 48.8 Å². The van der Waals surface area contributed by atoms with Crippen molar-refractivity contribution in [1.29, 1.82) is 0 Å². The minimum atomic E-state index is -0.767. The highest BCUT2D eigenvalue weighted by Crippen LogP contribution is 2.21. The van der Waals surface area contributed by atoms with Crippen LogP contribution >= 0.6 is 0 Å². The summed E-state index contributed by atoms with van der Waals surface area (Å²) in [6.07, 6.45) is 3.30. The number of nitrogens with one attached hydrogen (secondary N) is 1. The summed E-state index contributed by atoms with van der Waals surface area (Å²) in [4.78, 5) is 36.2. The van der Waals surface area contributed by atoms with Crippen molar-refractivity contribution in [3.63, 3.8) is 0 Å². The number of aryl methyl sites for hydroxylation is 1. The molecule has 0 aliphatic heterocycles. The van der Waals surface area contributed by atoms with E-state index in [0.29, 0.717) is 49.1 Å². The highest BCUT2D eigenvalue weighted by atomic mass is 16.6. The first-order chi connectivity index (χ1) is 19.6. The predicted octanol–water partition coefficient (Wildman–Crippen LogP) is 4.32. The van der Waals surface area contributed by atoms with Gasteiger partial charge in [-0.3, -0.25) is 4.68 Å². The van der Waals surface area contributed by atoms with Gasteiger partial charge in [0.25, 0.3) is 0 Å². The van der Waals surface area contributed by atoms with E-state index >= 15 is 0 Å². The second-order valence-corrected chi connectivity index (χ2v) is 10.6. The largest absolute Gasteiger partial charge is 0.493 e. The summed E-state index contributed by atoms with van der Waals surface area (Å²) in [5.74, 6) is -0.212. The van der Waals surface area contributed by atoms with Crippen LogP contribution in [0, 0.1) is 0 Å². The van der Waals surface area contributed by atoms with Crippen molar-refractivity contribution in [2.24, 2.45) is 0 Å². The molecule has 0 spiro atoms. The van der Waals surface area contributed by atoms with Crippen LogP contribution in [0.15, 0.2) is 70.0 Å². The SMILES string of the molecule is COC(=O)c1cc2ccc(OCCCc3cn(C[C@H](Cc4ccccc4)NC(=O)OC(C)(C)C)nn3)cc2oc1=O. The number of aromatic nitrogens is 3. The summed E-state index contributed by atoms with van der Waals surface area (Å²) >= 11 is 0. The summed E-state index contributed by atoms with van der Waals surface area (Å²) in [7, 11) is 1.20. The van der Waals surface area contributed by atoms with E-state index < -0.39 is 23.3 Å². The summed E-state index contributed by atoms with van der Waals surface area (Å²) in [6.45, 7) is 6.31. The van der Waals surface area contributed by atoms with E-state index in [1.54, 1.807) is 22.9 Å². The third-order valence-electron chi connectivity index (χ3n) is 6.00. The lowest BCUT2D eigenvalue weighted by molar-refractivity contribution is 0.0497. The van der Waals surface area contributed by atoms with Gasteiger partial charge in [-0.05, 0) is 63.8 Å². The van der Waals surface area contributed by atoms with Gasteiger partial charge in [0.1, 0.15) is 22.5 Å². The fourth-order valence-corrected chi connectivity index (χ4v) is 4.18. The Balaban J connectivity index is 1.31. The molecule has 0 saturated heterocycles. The first-order valence-corrected chi connectivity index (χ1v) is 13.3. The van der Waals surface area contributed by atoms with Gasteiger partial charge in [-0.15, -0.1) is 5.10 Å². The van der Waals surface area contributed by atoms with Gasteiger partial charge in [-0.2, -0.15) is 0 Å². The Morgan fingerprint density at radius 3 is 2.61 bits per heavy atom. The maximum Gasteiger partial charge on any atom is 0.407 e. The second kappa shape index (κ2) is 13.1. The van der Waals surface area contributed by atoms with Crippen molar-refractivity contribution in [2.75, 3.05) is 13.7 Å². The number of esters is 1. The number of nitrogens with zero attached hydrogens (tertiary/aromatic N) is 3. The van der Waals surface area contributed by atoms with Gasteiger partial charge in [0, 0.05) is 17.6 Å². The van der Waals surface area contributed by atoms with Crippen molar-refractivity contribution < 1.29 is 28.2 Å². The van der Waals surface area contributed by atoms with Crippen LogP contribution in [0.5, 0.6) is 5.75 Å². The molecule has 0 radical (unpaired) electrons. The Morgan fingerprint density at radius 1 is 1.10 bits per heavy atom. The van der Waals surface area contributed by atoms with Gasteiger partial charge < -0.3 is 23.9 Å². The molecule has 2 aromatic heterocycles. The summed E-state index contributed by atoms with van der Waals surface area (Å²) in [5, 5.41) is 12.1. The molecule has 0 aliphatic rings. The number of hydrogen-bond acceptors (Lipinski definition) is 9. The minimum absolute atomic E-state index is 0.159. The van der Waals surface area contributed by atoms with Crippen LogP contribution in [-0.4, -0.2) is 52.4 Å². The molecule has 216 valence electrons. The number of amides is 1. The van der Waals surface area contributed by atoms with E-state index in [1.807, 2.05) is 57.3 Å². The summed E-state index contributed by atoms with van der Waals surface area (Å²) in [5.41, 5.74) is 0.671. The molecule has 2 heterocycles. The number of fused-ring (bicyclic) bond motifs is 1. The number of alkyl carbamates (subject to hydrolysis) is 1. The van der Waals surface area contributed by atoms with E-state index in [1.165, 1.54) is 13.2 Å². The molecule has 0 unspecified atom stereocenters. The average molecular weight is 563 g/mol. The van der Waals surface area contributed by atoms with Crippen molar-refractivity contribution in [2.45, 2.75) is 58.2 Å². The highest BCUT2D eigenvalue weighted by molar-refractivity contribution is 5.92. The Kier molecular flexibility index (Phi) is 9.38. The van der Waals surface area contributed by atoms with Crippen LogP contribution in [0.2, 0.25) is 0 Å². The lowest BCUT2D eigenvalue weighted by atomic mass is 10.1. The zero-order chi connectivity index (χ0) is 29.4. The van der Waals surface area contributed by atoms with E-state index in [0.717, 1.165) is 11.3 Å². The molecule has 1 amide bonds. The van der Waals surface area contributed by atoms with Gasteiger partial charge in [0.2, 0.25) is 0 Å². The normalized spacial score (nSPS) is 12.1. The summed E-state index contributed by atoms with van der Waals surface area (Å²) < 4.78 is 22.9. The molecule has 11 heteroatoms. The monoisotopic (exact) mass is 562 g/mol. The number of hydrogen-bond donors (Lipinski definition) is 1. The van der Waals surface area contributed by atoms with Crippen LogP contribution in [-0.2, 0) is 28.9 Å². The molecule has 1 N–H and O–H groups in total. The number of benzene rings is 2. The van der Waals surface area contributed by atoms with Crippen LogP contribution in [0.4, 0.5) is 4.79 Å². The smallest absolute Gasteiger partial charge is 0.407 e. The van der Waals surface area contributed by atoms with E-state index in [9.17, 15) is 14.4 Å². The maximum absolute atomic E-state index is 12.5. The fraction of sp³-hybridized carbons (Fsp3) is 0.367. The number of methoxy groups -OCH3 is 1. The third-order valence-corrected chi connectivity index (χ3v) is 6.00. The quantitative estimate of drug-likeness (QED) is 0.161. The lowest BCUT2D eigenvalue weighted by Crippen LogP contribution is -2.42. The zero-order valence-corrected chi connectivity index (χ0v) is 23.6. The molecule has 1 atom stereocenters. The topological polar surface area (TPSA) is 135 Å². The summed E-state index contributed by atoms with van der Waals surface area (Å²) in [6, 6.07) is 16.2. The van der Waals surface area contributed by atoms with E-state index in [2.05, 4.69) is 20.4 Å². The Hall–Kier alpha value is -4.67. The second-order valence-electron chi connectivity index (χ2n) is 10.6. The van der Waals surface area contributed by atoms with E-state index in [4.69, 9.17) is 13.9 Å². The van der Waals surface area contributed by atoms with Gasteiger partial charge in [0.05, 0.1) is 32.0 Å². The molecule has 4 aromatic rings. The Bertz CT molecular complexity index is 1540. The predicted molar refractivity (Wildman–Crippen MR) is 151 cm³/mol. The Labute approximate surface area is 237 Å². The standard InChI is InChI=1S/C30H34N4O7/c1-30(2,3)41-29(37)31-23(15-20-9-6-5-7-10-20)19-34-18-22(32-33-34)11-8-14-39-24-13-12-21-16-25(27(35)38-4)28(36)40-26(21)17-24/h5-7,9-10,12-13,16-18,23H,8,11,14-15,19H2,1-4H3,(H,31,37)/t23-/m0/s1. The molecule has 0 aliphatic carbocycles. The molecular weight excluding hydrogens is 528 g/mol. The van der Waals surface area contributed by atoms with Crippen LogP contribution in [0.3, 0.4) is 0 Å². The third kappa shape index (κ3) is 8.66. The number of carbonyl (C=O) groups excluding carboxylic acids is 2. The molecule has 0 fully saturated rings. The van der Waals surface area contributed by atoms with Gasteiger partial charge in [0.15, 0.2) is 0 Å². The van der Waals surface area contributed by atoms with Crippen molar-refractivity contribution in [3.05, 3.63) is 88.0 Å². The molecule has 0 saturated carbocycles. The molecule has 41 heavy (non-hydrogen) atoms. The van der Waals surface area contributed by atoms with Crippen molar-refractivity contribution >= 4 is 23.0 Å². The van der Waals surface area contributed by atoms with Crippen LogP contribution < -0.4 is 15.7 Å². The van der Waals surface area contributed by atoms with Crippen LogP contribution in [0.25, 0.3) is 11.0 Å². The molecule has 2 aromatic carbocycles. The molecular formula is C30H34N4O7. The molecule has 0 bridgehead atoms. The van der Waals surface area contributed by atoms with Gasteiger partial charge >= 0.3 is 17.7 Å². The average Bonchev–Trinajstić information content (AvgIpc) is 3.36. The molecule has 4 rings (SSSR count). The lowest BCUT2D eigenvalue weighted by Gasteiger charge is -2.23. The first-order valence-electron chi connectivity index (χ1n) is 13.3. The first kappa shape index (κ1) is 29.3. The number of rotatable bonds is 11. The Morgan fingerprint density at radius 2 is 1.88 bits per heavy atom. The molecule has 11 nitrogen and oxygen atoms in total. The van der Waals surface area contributed by atoms with Crippen molar-refractivity contribution in [3.8, 4) is 5.75 Å². The minimum Gasteiger partial charge on any atom is -0.493 e. The number of carbonyl (C=O) groups is 2. The zero-order valence-electron chi connectivity index (χ0n) is 23.6. The maximum atomic E-state index is 12.5. The van der Waals surface area contributed by atoms with E-state index in [-0.39, 0.29) is 11.6 Å². The highest BCUT2D eigenvalue weighted by Gasteiger charge is 2.21. The number of ether oxygens (including phenoxy) is 3. The van der Waals surface area contributed by atoms with Gasteiger partial charge in [-0.1, -0.05) is 35.5 Å². The van der Waals surface area contributed by atoms with Crippen molar-refractivity contribution in [1.82, 2.24) is 20.3 Å². The fourth-order valence-electron chi connectivity index (χ4n) is 4.18.